The molecule has 2 rings (SSSR count). The Hall–Kier alpha value is -1.32. The van der Waals surface area contributed by atoms with Crippen molar-refractivity contribution in [2.24, 2.45) is 5.73 Å². The quantitative estimate of drug-likeness (QED) is 0.865. The van der Waals surface area contributed by atoms with Gasteiger partial charge in [0.05, 0.1) is 6.04 Å². The lowest BCUT2D eigenvalue weighted by Gasteiger charge is -2.23. The van der Waals surface area contributed by atoms with Gasteiger partial charge in [0.25, 0.3) is 0 Å². The van der Waals surface area contributed by atoms with Crippen LogP contribution in [-0.4, -0.2) is 6.54 Å². The van der Waals surface area contributed by atoms with Crippen molar-refractivity contribution >= 4 is 21.6 Å². The third kappa shape index (κ3) is 3.41. The monoisotopic (exact) mass is 332 g/mol. The Kier molecular flexibility index (Phi) is 4.84. The molecule has 0 bridgehead atoms. The Labute approximate surface area is 129 Å². The molecule has 1 atom stereocenters. The van der Waals surface area contributed by atoms with Crippen LogP contribution >= 0.6 is 15.9 Å². The van der Waals surface area contributed by atoms with E-state index in [9.17, 15) is 0 Å². The molecule has 3 heteroatoms. The van der Waals surface area contributed by atoms with Crippen LogP contribution in [0.3, 0.4) is 0 Å². The molecule has 0 aliphatic rings. The van der Waals surface area contributed by atoms with Crippen molar-refractivity contribution in [1.29, 1.82) is 0 Å². The van der Waals surface area contributed by atoms with Gasteiger partial charge in [-0.25, -0.2) is 0 Å². The molecule has 0 saturated carbocycles. The standard InChI is InChI=1S/C17H21BrN2/c1-11-8-12(2)17(13(3)9-11)16(10-19)20-15-6-4-14(18)5-7-15/h4-9,16,20H,10,19H2,1-3H3. The third-order valence-corrected chi connectivity index (χ3v) is 4.04. The van der Waals surface area contributed by atoms with Crippen LogP contribution in [0.25, 0.3) is 0 Å². The van der Waals surface area contributed by atoms with Gasteiger partial charge in [-0.15, -0.1) is 0 Å². The Bertz CT molecular complexity index is 567. The van der Waals surface area contributed by atoms with E-state index in [0.717, 1.165) is 10.2 Å². The lowest BCUT2D eigenvalue weighted by molar-refractivity contribution is 0.776. The highest BCUT2D eigenvalue weighted by Gasteiger charge is 2.15. The molecule has 106 valence electrons. The molecule has 0 spiro atoms. The SMILES string of the molecule is Cc1cc(C)c(C(CN)Nc2ccc(Br)cc2)c(C)c1. The van der Waals surface area contributed by atoms with E-state index in [1.54, 1.807) is 0 Å². The smallest absolute Gasteiger partial charge is 0.0641 e. The van der Waals surface area contributed by atoms with Crippen LogP contribution in [0.4, 0.5) is 5.69 Å². The molecule has 0 fully saturated rings. The van der Waals surface area contributed by atoms with Crippen LogP contribution in [0.15, 0.2) is 40.9 Å². The zero-order chi connectivity index (χ0) is 14.7. The summed E-state index contributed by atoms with van der Waals surface area (Å²) in [7, 11) is 0. The lowest BCUT2D eigenvalue weighted by atomic mass is 9.94. The summed E-state index contributed by atoms with van der Waals surface area (Å²) in [4.78, 5) is 0. The number of benzene rings is 2. The van der Waals surface area contributed by atoms with E-state index in [4.69, 9.17) is 5.73 Å². The summed E-state index contributed by atoms with van der Waals surface area (Å²) in [6, 6.07) is 12.8. The van der Waals surface area contributed by atoms with Gasteiger partial charge >= 0.3 is 0 Å². The first-order chi connectivity index (χ1) is 9.51. The van der Waals surface area contributed by atoms with Crippen LogP contribution < -0.4 is 11.1 Å². The molecule has 0 aromatic heterocycles. The van der Waals surface area contributed by atoms with Crippen LogP contribution in [0.1, 0.15) is 28.3 Å². The maximum Gasteiger partial charge on any atom is 0.0641 e. The van der Waals surface area contributed by atoms with E-state index in [0.29, 0.717) is 6.54 Å². The van der Waals surface area contributed by atoms with Crippen molar-refractivity contribution in [2.45, 2.75) is 26.8 Å². The average molecular weight is 333 g/mol. The zero-order valence-electron chi connectivity index (χ0n) is 12.2. The molecule has 0 aliphatic heterocycles. The van der Waals surface area contributed by atoms with Crippen molar-refractivity contribution in [3.8, 4) is 0 Å². The highest BCUT2D eigenvalue weighted by atomic mass is 79.9. The van der Waals surface area contributed by atoms with Gasteiger partial charge in [0.1, 0.15) is 0 Å². The normalized spacial score (nSPS) is 12.2. The highest BCUT2D eigenvalue weighted by molar-refractivity contribution is 9.10. The fourth-order valence-corrected chi connectivity index (χ4v) is 3.00. The zero-order valence-corrected chi connectivity index (χ0v) is 13.8. The molecular formula is C17H21BrN2. The van der Waals surface area contributed by atoms with E-state index in [1.807, 2.05) is 12.1 Å². The summed E-state index contributed by atoms with van der Waals surface area (Å²) in [5.41, 5.74) is 12.3. The maximum atomic E-state index is 5.99. The second-order valence-corrected chi connectivity index (χ2v) is 6.17. The van der Waals surface area contributed by atoms with Crippen molar-refractivity contribution < 1.29 is 0 Å². The van der Waals surface area contributed by atoms with Gasteiger partial charge in [-0.05, 0) is 61.7 Å². The number of halogens is 1. The lowest BCUT2D eigenvalue weighted by Crippen LogP contribution is -2.22. The third-order valence-electron chi connectivity index (χ3n) is 3.51. The first kappa shape index (κ1) is 15.1. The largest absolute Gasteiger partial charge is 0.377 e. The second-order valence-electron chi connectivity index (χ2n) is 5.25. The predicted octanol–water partition coefficient (Wildman–Crippen LogP) is 4.49. The van der Waals surface area contributed by atoms with Crippen LogP contribution in [-0.2, 0) is 0 Å². The minimum absolute atomic E-state index is 0.136. The summed E-state index contributed by atoms with van der Waals surface area (Å²) in [6.07, 6.45) is 0. The fraction of sp³-hybridized carbons (Fsp3) is 0.294. The molecule has 2 nitrogen and oxygen atoms in total. The molecule has 0 amide bonds. The summed E-state index contributed by atoms with van der Waals surface area (Å²) in [6.45, 7) is 7.01. The molecule has 0 aliphatic carbocycles. The Balaban J connectivity index is 2.31. The first-order valence-electron chi connectivity index (χ1n) is 6.81. The van der Waals surface area contributed by atoms with E-state index in [2.05, 4.69) is 66.3 Å². The summed E-state index contributed by atoms with van der Waals surface area (Å²) < 4.78 is 1.08. The number of aryl methyl sites for hydroxylation is 3. The molecular weight excluding hydrogens is 312 g/mol. The Morgan fingerprint density at radius 1 is 1.05 bits per heavy atom. The van der Waals surface area contributed by atoms with Gasteiger partial charge < -0.3 is 11.1 Å². The molecule has 1 unspecified atom stereocenters. The number of nitrogens with two attached hydrogens (primary N) is 1. The number of hydrogen-bond donors (Lipinski definition) is 2. The van der Waals surface area contributed by atoms with E-state index in [1.165, 1.54) is 22.3 Å². The first-order valence-corrected chi connectivity index (χ1v) is 7.60. The van der Waals surface area contributed by atoms with E-state index < -0.39 is 0 Å². The van der Waals surface area contributed by atoms with Crippen molar-refractivity contribution in [3.05, 3.63) is 63.1 Å². The number of hydrogen-bond acceptors (Lipinski definition) is 2. The Morgan fingerprint density at radius 3 is 2.10 bits per heavy atom. The average Bonchev–Trinajstić information content (AvgIpc) is 2.38. The van der Waals surface area contributed by atoms with E-state index >= 15 is 0 Å². The maximum absolute atomic E-state index is 5.99. The fourth-order valence-electron chi connectivity index (χ4n) is 2.74. The minimum atomic E-state index is 0.136. The van der Waals surface area contributed by atoms with Crippen LogP contribution in [0.5, 0.6) is 0 Å². The number of nitrogens with one attached hydrogen (secondary N) is 1. The molecule has 2 aromatic rings. The van der Waals surface area contributed by atoms with Crippen LogP contribution in [0.2, 0.25) is 0 Å². The van der Waals surface area contributed by atoms with Gasteiger partial charge in [0, 0.05) is 16.7 Å². The van der Waals surface area contributed by atoms with Gasteiger partial charge in [-0.3, -0.25) is 0 Å². The van der Waals surface area contributed by atoms with Gasteiger partial charge in [0.15, 0.2) is 0 Å². The van der Waals surface area contributed by atoms with Crippen LogP contribution in [0, 0.1) is 20.8 Å². The molecule has 0 heterocycles. The van der Waals surface area contributed by atoms with Crippen molar-refractivity contribution in [3.63, 3.8) is 0 Å². The number of rotatable bonds is 4. The summed E-state index contributed by atoms with van der Waals surface area (Å²) >= 11 is 3.45. The molecule has 2 aromatic carbocycles. The van der Waals surface area contributed by atoms with Crippen molar-refractivity contribution in [1.82, 2.24) is 0 Å². The highest BCUT2D eigenvalue weighted by Crippen LogP contribution is 2.26. The topological polar surface area (TPSA) is 38.0 Å². The van der Waals surface area contributed by atoms with E-state index in [-0.39, 0.29) is 6.04 Å². The minimum Gasteiger partial charge on any atom is -0.377 e. The predicted molar refractivity (Wildman–Crippen MR) is 90.2 cm³/mol. The molecule has 0 saturated heterocycles. The molecule has 20 heavy (non-hydrogen) atoms. The molecule has 3 N–H and O–H groups in total. The van der Waals surface area contributed by atoms with Gasteiger partial charge in [-0.1, -0.05) is 33.6 Å². The number of anilines is 1. The molecule has 0 radical (unpaired) electrons. The van der Waals surface area contributed by atoms with Crippen molar-refractivity contribution in [2.75, 3.05) is 11.9 Å². The summed E-state index contributed by atoms with van der Waals surface area (Å²) in [5.74, 6) is 0. The second kappa shape index (κ2) is 6.42. The van der Waals surface area contributed by atoms with Gasteiger partial charge in [0.2, 0.25) is 0 Å². The summed E-state index contributed by atoms with van der Waals surface area (Å²) in [5, 5.41) is 3.53. The Morgan fingerprint density at radius 2 is 1.60 bits per heavy atom. The van der Waals surface area contributed by atoms with Gasteiger partial charge in [-0.2, -0.15) is 0 Å².